The maximum Gasteiger partial charge on any atom is 0.0269 e. The lowest BCUT2D eigenvalue weighted by Crippen LogP contribution is -2.16. The molecule has 0 amide bonds. The Morgan fingerprint density at radius 1 is 1.50 bits per heavy atom. The third-order valence-electron chi connectivity index (χ3n) is 1.10. The molecule has 0 aliphatic carbocycles. The van der Waals surface area contributed by atoms with Crippen molar-refractivity contribution in [2.75, 3.05) is 19.6 Å². The summed E-state index contributed by atoms with van der Waals surface area (Å²) in [5.41, 5.74) is 7.91. The molecule has 4 heteroatoms. The lowest BCUT2D eigenvalue weighted by atomic mass is 10.4. The van der Waals surface area contributed by atoms with Crippen LogP contribution < -0.4 is 5.32 Å². The molecular formula is C6H14N4. The first-order chi connectivity index (χ1) is 4.91. The molecule has 0 saturated heterocycles. The fraction of sp³-hybridized carbons (Fsp3) is 1.00. The van der Waals surface area contributed by atoms with Crippen molar-refractivity contribution in [2.45, 2.75) is 19.8 Å². The van der Waals surface area contributed by atoms with Crippen LogP contribution in [0.3, 0.4) is 0 Å². The molecule has 0 fully saturated rings. The predicted molar refractivity (Wildman–Crippen MR) is 41.8 cm³/mol. The van der Waals surface area contributed by atoms with Crippen LogP contribution in [0.5, 0.6) is 0 Å². The minimum Gasteiger partial charge on any atom is -0.317 e. The van der Waals surface area contributed by atoms with E-state index in [1.54, 1.807) is 0 Å². The second kappa shape index (κ2) is 8.27. The van der Waals surface area contributed by atoms with Gasteiger partial charge in [0.2, 0.25) is 0 Å². The Labute approximate surface area is 61.2 Å². The van der Waals surface area contributed by atoms with Crippen LogP contribution in [0, 0.1) is 0 Å². The largest absolute Gasteiger partial charge is 0.317 e. The molecule has 0 radical (unpaired) electrons. The second-order valence-electron chi connectivity index (χ2n) is 2.06. The topological polar surface area (TPSA) is 60.8 Å². The van der Waals surface area contributed by atoms with Gasteiger partial charge in [0.25, 0.3) is 0 Å². The number of rotatable bonds is 6. The smallest absolute Gasteiger partial charge is 0.0269 e. The van der Waals surface area contributed by atoms with Crippen molar-refractivity contribution >= 4 is 0 Å². The highest BCUT2D eigenvalue weighted by Crippen LogP contribution is 1.79. The monoisotopic (exact) mass is 142 g/mol. The van der Waals surface area contributed by atoms with E-state index in [9.17, 15) is 0 Å². The molecule has 0 aliphatic heterocycles. The SMILES string of the molecule is CCCNCCCN=[N+]=[N-]. The van der Waals surface area contributed by atoms with Gasteiger partial charge in [0.05, 0.1) is 0 Å². The molecule has 0 bridgehead atoms. The van der Waals surface area contributed by atoms with Crippen LogP contribution in [0.2, 0.25) is 0 Å². The molecule has 0 aromatic heterocycles. The van der Waals surface area contributed by atoms with Crippen LogP contribution in [-0.2, 0) is 0 Å². The lowest BCUT2D eigenvalue weighted by molar-refractivity contribution is 0.644. The summed E-state index contributed by atoms with van der Waals surface area (Å²) >= 11 is 0. The quantitative estimate of drug-likeness (QED) is 0.261. The summed E-state index contributed by atoms with van der Waals surface area (Å²) in [6.07, 6.45) is 2.09. The molecule has 58 valence electrons. The fourth-order valence-electron chi connectivity index (χ4n) is 0.621. The molecule has 0 aliphatic rings. The highest BCUT2D eigenvalue weighted by Gasteiger charge is 1.83. The van der Waals surface area contributed by atoms with Crippen LogP contribution in [-0.4, -0.2) is 19.6 Å². The summed E-state index contributed by atoms with van der Waals surface area (Å²) in [6, 6.07) is 0. The van der Waals surface area contributed by atoms with Gasteiger partial charge in [-0.25, -0.2) is 0 Å². The molecule has 4 nitrogen and oxygen atoms in total. The van der Waals surface area contributed by atoms with Crippen LogP contribution in [0.1, 0.15) is 19.8 Å². The Balaban J connectivity index is 2.83. The van der Waals surface area contributed by atoms with Crippen molar-refractivity contribution in [3.05, 3.63) is 10.4 Å². The third kappa shape index (κ3) is 7.27. The molecule has 0 saturated carbocycles. The highest BCUT2D eigenvalue weighted by molar-refractivity contribution is 4.50. The van der Waals surface area contributed by atoms with Crippen molar-refractivity contribution < 1.29 is 0 Å². The average molecular weight is 142 g/mol. The zero-order valence-electron chi connectivity index (χ0n) is 6.38. The maximum atomic E-state index is 7.91. The van der Waals surface area contributed by atoms with E-state index in [1.165, 1.54) is 0 Å². The Kier molecular flexibility index (Phi) is 7.67. The van der Waals surface area contributed by atoms with Crippen molar-refractivity contribution in [2.24, 2.45) is 5.11 Å². The zero-order chi connectivity index (χ0) is 7.66. The van der Waals surface area contributed by atoms with Gasteiger partial charge in [-0.1, -0.05) is 12.0 Å². The Morgan fingerprint density at radius 3 is 2.90 bits per heavy atom. The van der Waals surface area contributed by atoms with Crippen LogP contribution >= 0.6 is 0 Å². The van der Waals surface area contributed by atoms with Gasteiger partial charge in [-0.15, -0.1) is 0 Å². The van der Waals surface area contributed by atoms with Crippen molar-refractivity contribution in [1.82, 2.24) is 5.32 Å². The third-order valence-corrected chi connectivity index (χ3v) is 1.10. The highest BCUT2D eigenvalue weighted by atomic mass is 15.1. The lowest BCUT2D eigenvalue weighted by Gasteiger charge is -1.98. The molecule has 10 heavy (non-hydrogen) atoms. The van der Waals surface area contributed by atoms with Crippen LogP contribution in [0.4, 0.5) is 0 Å². The van der Waals surface area contributed by atoms with E-state index in [4.69, 9.17) is 5.53 Å². The standard InChI is InChI=1S/C6H14N4/c1-2-4-8-5-3-6-9-10-7/h8H,2-6H2,1H3. The van der Waals surface area contributed by atoms with Gasteiger partial charge in [-0.3, -0.25) is 0 Å². The number of hydrogen-bond donors (Lipinski definition) is 1. The first-order valence-corrected chi connectivity index (χ1v) is 3.63. The van der Waals surface area contributed by atoms with Gasteiger partial charge < -0.3 is 5.32 Å². The molecule has 0 aromatic rings. The van der Waals surface area contributed by atoms with E-state index < -0.39 is 0 Å². The number of nitrogens with zero attached hydrogens (tertiary/aromatic N) is 3. The summed E-state index contributed by atoms with van der Waals surface area (Å²) < 4.78 is 0. The van der Waals surface area contributed by atoms with E-state index in [0.29, 0.717) is 6.54 Å². The van der Waals surface area contributed by atoms with E-state index in [1.807, 2.05) is 0 Å². The molecule has 1 N–H and O–H groups in total. The average Bonchev–Trinajstić information content (AvgIpc) is 1.97. The van der Waals surface area contributed by atoms with Gasteiger partial charge >= 0.3 is 0 Å². The van der Waals surface area contributed by atoms with Crippen LogP contribution in [0.25, 0.3) is 10.4 Å². The molecule has 0 atom stereocenters. The maximum absolute atomic E-state index is 7.91. The molecule has 0 rings (SSSR count). The first kappa shape index (κ1) is 9.27. The molecule has 0 unspecified atom stereocenters. The number of hydrogen-bond acceptors (Lipinski definition) is 2. The predicted octanol–water partition coefficient (Wildman–Crippen LogP) is 1.69. The van der Waals surface area contributed by atoms with Crippen molar-refractivity contribution in [1.29, 1.82) is 0 Å². The van der Waals surface area contributed by atoms with Gasteiger partial charge in [0.15, 0.2) is 0 Å². The Hall–Kier alpha value is -0.730. The van der Waals surface area contributed by atoms with Gasteiger partial charge in [0, 0.05) is 11.5 Å². The second-order valence-corrected chi connectivity index (χ2v) is 2.06. The zero-order valence-corrected chi connectivity index (χ0v) is 6.38. The van der Waals surface area contributed by atoms with E-state index in [2.05, 4.69) is 22.3 Å². The van der Waals surface area contributed by atoms with E-state index in [-0.39, 0.29) is 0 Å². The molecule has 0 spiro atoms. The first-order valence-electron chi connectivity index (χ1n) is 3.63. The van der Waals surface area contributed by atoms with Crippen LogP contribution in [0.15, 0.2) is 5.11 Å². The molecule has 0 heterocycles. The van der Waals surface area contributed by atoms with Crippen molar-refractivity contribution in [3.8, 4) is 0 Å². The van der Waals surface area contributed by atoms with E-state index in [0.717, 1.165) is 25.9 Å². The molecule has 0 aromatic carbocycles. The summed E-state index contributed by atoms with van der Waals surface area (Å²) in [4.78, 5) is 2.65. The Morgan fingerprint density at radius 2 is 2.30 bits per heavy atom. The van der Waals surface area contributed by atoms with Gasteiger partial charge in [-0.05, 0) is 31.5 Å². The fourth-order valence-corrected chi connectivity index (χ4v) is 0.621. The minimum absolute atomic E-state index is 0.604. The number of nitrogens with one attached hydrogen (secondary N) is 1. The van der Waals surface area contributed by atoms with Crippen molar-refractivity contribution in [3.63, 3.8) is 0 Å². The number of azide groups is 1. The van der Waals surface area contributed by atoms with Gasteiger partial charge in [-0.2, -0.15) is 0 Å². The van der Waals surface area contributed by atoms with Gasteiger partial charge in [0.1, 0.15) is 0 Å². The van der Waals surface area contributed by atoms with E-state index >= 15 is 0 Å². The minimum atomic E-state index is 0.604. The molecular weight excluding hydrogens is 128 g/mol. The normalized spacial score (nSPS) is 8.90. The summed E-state index contributed by atoms with van der Waals surface area (Å²) in [5, 5.41) is 6.62. The summed E-state index contributed by atoms with van der Waals surface area (Å²) in [7, 11) is 0. The summed E-state index contributed by atoms with van der Waals surface area (Å²) in [6.45, 7) is 4.73. The Bertz CT molecular complexity index is 106. The summed E-state index contributed by atoms with van der Waals surface area (Å²) in [5.74, 6) is 0.